The van der Waals surface area contributed by atoms with E-state index in [-0.39, 0.29) is 35.6 Å². The van der Waals surface area contributed by atoms with Crippen molar-refractivity contribution in [2.24, 2.45) is 0 Å². The lowest BCUT2D eigenvalue weighted by Gasteiger charge is -2.29. The number of sulfonamides is 1. The Hall–Kier alpha value is -2.98. The summed E-state index contributed by atoms with van der Waals surface area (Å²) in [6.45, 7) is 1.50. The number of nitrogens with zero attached hydrogens (tertiary/aromatic N) is 2. The summed E-state index contributed by atoms with van der Waals surface area (Å²) < 4.78 is 45.4. The quantitative estimate of drug-likeness (QED) is 0.472. The summed E-state index contributed by atoms with van der Waals surface area (Å²) in [5.41, 5.74) is 0.173. The molecule has 35 heavy (non-hydrogen) atoms. The minimum Gasteiger partial charge on any atom is -0.497 e. The zero-order chi connectivity index (χ0) is 25.4. The number of carbonyl (C=O) groups is 1. The maximum Gasteiger partial charge on any atom is 0.264 e. The number of ether oxygens (including phenoxy) is 3. The number of aliphatic hydroxyl groups is 1. The fourth-order valence-corrected chi connectivity index (χ4v) is 5.53. The van der Waals surface area contributed by atoms with E-state index in [4.69, 9.17) is 14.2 Å². The molecular formula is C25H34N2O7S. The van der Waals surface area contributed by atoms with Crippen molar-refractivity contribution in [3.63, 3.8) is 0 Å². The number of rotatable bonds is 12. The van der Waals surface area contributed by atoms with Crippen molar-refractivity contribution in [1.29, 1.82) is 0 Å². The van der Waals surface area contributed by atoms with Gasteiger partial charge in [0.15, 0.2) is 0 Å². The molecule has 1 N–H and O–H groups in total. The van der Waals surface area contributed by atoms with Crippen LogP contribution in [0.15, 0.2) is 47.4 Å². The van der Waals surface area contributed by atoms with Gasteiger partial charge in [-0.15, -0.1) is 0 Å². The van der Waals surface area contributed by atoms with Gasteiger partial charge in [0.25, 0.3) is 10.0 Å². The highest BCUT2D eigenvalue weighted by Crippen LogP contribution is 2.36. The Morgan fingerprint density at radius 2 is 1.69 bits per heavy atom. The Labute approximate surface area is 207 Å². The molecule has 0 atom stereocenters. The first-order valence-corrected chi connectivity index (χ1v) is 13.2. The lowest BCUT2D eigenvalue weighted by atomic mass is 10.2. The second kappa shape index (κ2) is 12.1. The van der Waals surface area contributed by atoms with Gasteiger partial charge in [-0.05, 0) is 69.0 Å². The Kier molecular flexibility index (Phi) is 9.22. The smallest absolute Gasteiger partial charge is 0.264 e. The zero-order valence-corrected chi connectivity index (χ0v) is 21.3. The Morgan fingerprint density at radius 1 is 1.03 bits per heavy atom. The highest BCUT2D eigenvalue weighted by atomic mass is 32.2. The molecule has 0 heterocycles. The first-order valence-electron chi connectivity index (χ1n) is 11.7. The molecule has 192 valence electrons. The van der Waals surface area contributed by atoms with Crippen LogP contribution in [0.3, 0.4) is 0 Å². The van der Waals surface area contributed by atoms with E-state index in [2.05, 4.69) is 0 Å². The molecule has 1 fully saturated rings. The van der Waals surface area contributed by atoms with Gasteiger partial charge in [-0.25, -0.2) is 8.42 Å². The van der Waals surface area contributed by atoms with Crippen molar-refractivity contribution in [1.82, 2.24) is 4.90 Å². The van der Waals surface area contributed by atoms with E-state index in [0.29, 0.717) is 18.0 Å². The van der Waals surface area contributed by atoms with Crippen molar-refractivity contribution in [2.45, 2.75) is 43.6 Å². The van der Waals surface area contributed by atoms with Gasteiger partial charge in [0.1, 0.15) is 23.8 Å². The molecule has 0 spiro atoms. The van der Waals surface area contributed by atoms with Crippen molar-refractivity contribution >= 4 is 21.6 Å². The number of likely N-dealkylation sites (N-methyl/N-ethyl adjacent to an activating group) is 1. The van der Waals surface area contributed by atoms with Gasteiger partial charge in [-0.1, -0.05) is 0 Å². The van der Waals surface area contributed by atoms with Crippen LogP contribution in [-0.4, -0.2) is 70.9 Å². The third-order valence-corrected chi connectivity index (χ3v) is 7.83. The fraction of sp³-hybridized carbons (Fsp3) is 0.480. The van der Waals surface area contributed by atoms with E-state index in [0.717, 1.165) is 30.0 Å². The topological polar surface area (TPSA) is 106 Å². The molecule has 0 aromatic heterocycles. The van der Waals surface area contributed by atoms with Crippen molar-refractivity contribution in [3.8, 4) is 17.2 Å². The van der Waals surface area contributed by atoms with Gasteiger partial charge in [-0.2, -0.15) is 0 Å². The number of benzene rings is 2. The molecule has 0 saturated heterocycles. The molecule has 3 rings (SSSR count). The van der Waals surface area contributed by atoms with Crippen molar-refractivity contribution in [2.75, 3.05) is 44.8 Å². The van der Waals surface area contributed by atoms with Crippen molar-refractivity contribution < 1.29 is 32.5 Å². The van der Waals surface area contributed by atoms with Gasteiger partial charge >= 0.3 is 0 Å². The third kappa shape index (κ3) is 6.37. The summed E-state index contributed by atoms with van der Waals surface area (Å²) in [5, 5.41) is 9.31. The molecule has 10 heteroatoms. The predicted molar refractivity (Wildman–Crippen MR) is 133 cm³/mol. The van der Waals surface area contributed by atoms with Gasteiger partial charge < -0.3 is 24.2 Å². The maximum absolute atomic E-state index is 13.8. The van der Waals surface area contributed by atoms with Crippen LogP contribution in [0.5, 0.6) is 17.2 Å². The van der Waals surface area contributed by atoms with Crippen LogP contribution in [0.25, 0.3) is 0 Å². The summed E-state index contributed by atoms with van der Waals surface area (Å²) in [5.74, 6) is 0.846. The van der Waals surface area contributed by atoms with E-state index in [1.54, 1.807) is 31.2 Å². The zero-order valence-electron chi connectivity index (χ0n) is 20.5. The molecule has 0 unspecified atom stereocenters. The molecular weight excluding hydrogens is 472 g/mol. The second-order valence-corrected chi connectivity index (χ2v) is 10.1. The van der Waals surface area contributed by atoms with Crippen LogP contribution in [0.2, 0.25) is 0 Å². The first-order chi connectivity index (χ1) is 16.8. The van der Waals surface area contributed by atoms with Crippen LogP contribution < -0.4 is 18.5 Å². The minimum atomic E-state index is -4.18. The van der Waals surface area contributed by atoms with Gasteiger partial charge in [0.05, 0.1) is 37.5 Å². The summed E-state index contributed by atoms with van der Waals surface area (Å²) in [6, 6.07) is 11.0. The number of aliphatic hydroxyl groups excluding tert-OH is 1. The molecule has 1 amide bonds. The first kappa shape index (κ1) is 26.6. The van der Waals surface area contributed by atoms with Crippen LogP contribution in [0.4, 0.5) is 5.69 Å². The molecule has 0 aliphatic heterocycles. The fourth-order valence-electron chi connectivity index (χ4n) is 4.11. The minimum absolute atomic E-state index is 0.0131. The average molecular weight is 507 g/mol. The van der Waals surface area contributed by atoms with E-state index < -0.39 is 22.5 Å². The molecule has 0 radical (unpaired) electrons. The second-order valence-electron chi connectivity index (χ2n) is 8.24. The molecule has 9 nitrogen and oxygen atoms in total. The number of hydrogen-bond acceptors (Lipinski definition) is 7. The summed E-state index contributed by atoms with van der Waals surface area (Å²) in [7, 11) is -1.28. The van der Waals surface area contributed by atoms with Gasteiger partial charge in [-0.3, -0.25) is 9.10 Å². The Bertz CT molecular complexity index is 1080. The van der Waals surface area contributed by atoms with Gasteiger partial charge in [0.2, 0.25) is 5.91 Å². The number of methoxy groups -OCH3 is 2. The largest absolute Gasteiger partial charge is 0.497 e. The third-order valence-electron chi connectivity index (χ3n) is 6.05. The number of anilines is 1. The lowest BCUT2D eigenvalue weighted by Crippen LogP contribution is -2.44. The SMILES string of the molecule is CCN(CCO)C(=O)CN(c1cc(OC)ccc1OC)S(=O)(=O)c1ccc(OC2CCCC2)cc1. The van der Waals surface area contributed by atoms with Crippen LogP contribution in [0.1, 0.15) is 32.6 Å². The number of hydrogen-bond donors (Lipinski definition) is 1. The average Bonchev–Trinajstić information content (AvgIpc) is 3.38. The standard InChI is InChI=1S/C25H34N2O7S/c1-4-26(15-16-28)25(29)18-27(23-17-21(32-2)11-14-24(23)33-3)35(30,31)22-12-9-20(10-13-22)34-19-7-5-6-8-19/h9-14,17,19,28H,4-8,15-16,18H2,1-3H3. The normalized spacial score (nSPS) is 13.9. The van der Waals surface area contributed by atoms with Crippen LogP contribution >= 0.6 is 0 Å². The highest BCUT2D eigenvalue weighted by Gasteiger charge is 2.31. The molecule has 2 aromatic rings. The molecule has 0 bridgehead atoms. The Balaban J connectivity index is 1.99. The van der Waals surface area contributed by atoms with Crippen LogP contribution in [0, 0.1) is 0 Å². The van der Waals surface area contributed by atoms with Crippen molar-refractivity contribution in [3.05, 3.63) is 42.5 Å². The van der Waals surface area contributed by atoms with E-state index >= 15 is 0 Å². The number of carbonyl (C=O) groups excluding carboxylic acids is 1. The summed E-state index contributed by atoms with van der Waals surface area (Å²) in [6.07, 6.45) is 4.40. The highest BCUT2D eigenvalue weighted by molar-refractivity contribution is 7.92. The van der Waals surface area contributed by atoms with E-state index in [1.165, 1.54) is 37.3 Å². The predicted octanol–water partition coefficient (Wildman–Crippen LogP) is 3.06. The molecule has 2 aromatic carbocycles. The van der Waals surface area contributed by atoms with E-state index in [9.17, 15) is 18.3 Å². The summed E-state index contributed by atoms with van der Waals surface area (Å²) >= 11 is 0. The summed E-state index contributed by atoms with van der Waals surface area (Å²) in [4.78, 5) is 14.5. The number of amides is 1. The maximum atomic E-state index is 13.8. The Morgan fingerprint density at radius 3 is 2.26 bits per heavy atom. The van der Waals surface area contributed by atoms with Gasteiger partial charge in [0, 0.05) is 19.2 Å². The molecule has 1 aliphatic carbocycles. The lowest BCUT2D eigenvalue weighted by molar-refractivity contribution is -0.129. The van der Waals surface area contributed by atoms with E-state index in [1.807, 2.05) is 0 Å². The molecule has 1 saturated carbocycles. The monoisotopic (exact) mass is 506 g/mol. The molecule has 1 aliphatic rings. The van der Waals surface area contributed by atoms with Crippen LogP contribution in [-0.2, 0) is 14.8 Å².